The van der Waals surface area contributed by atoms with E-state index in [-0.39, 0.29) is 0 Å². The summed E-state index contributed by atoms with van der Waals surface area (Å²) in [5.41, 5.74) is 1.48. The molecular weight excluding hydrogens is 262 g/mol. The summed E-state index contributed by atoms with van der Waals surface area (Å²) in [4.78, 5) is 3.93. The summed E-state index contributed by atoms with van der Waals surface area (Å²) in [6, 6.07) is 10.8. The lowest BCUT2D eigenvalue weighted by Gasteiger charge is -2.03. The second-order valence-corrected chi connectivity index (χ2v) is 5.57. The smallest absolute Gasteiger partial charge is 0.0584 e. The van der Waals surface area contributed by atoms with Crippen molar-refractivity contribution in [3.63, 3.8) is 0 Å². The maximum atomic E-state index is 4.54. The largest absolute Gasteiger partial charge is 0.233 e. The first kappa shape index (κ1) is 17.1. The Kier molecular flexibility index (Phi) is 11.1. The van der Waals surface area contributed by atoms with Crippen LogP contribution >= 0.6 is 12.2 Å². The van der Waals surface area contributed by atoms with Crippen LogP contribution in [0.25, 0.3) is 0 Å². The van der Waals surface area contributed by atoms with Crippen molar-refractivity contribution in [2.24, 2.45) is 4.99 Å². The van der Waals surface area contributed by atoms with Crippen LogP contribution in [-0.4, -0.2) is 11.7 Å². The van der Waals surface area contributed by atoms with Crippen molar-refractivity contribution in [3.8, 4) is 0 Å². The van der Waals surface area contributed by atoms with Gasteiger partial charge in [0, 0.05) is 6.54 Å². The Bertz CT molecular complexity index is 368. The third-order valence-corrected chi connectivity index (χ3v) is 3.77. The van der Waals surface area contributed by atoms with Crippen molar-refractivity contribution < 1.29 is 0 Å². The van der Waals surface area contributed by atoms with Crippen LogP contribution in [0.5, 0.6) is 0 Å². The van der Waals surface area contributed by atoms with Crippen LogP contribution < -0.4 is 0 Å². The van der Waals surface area contributed by atoms with E-state index in [4.69, 9.17) is 0 Å². The molecule has 0 aliphatic rings. The molecule has 1 nitrogen and oxygen atoms in total. The van der Waals surface area contributed by atoms with E-state index in [0.29, 0.717) is 0 Å². The summed E-state index contributed by atoms with van der Waals surface area (Å²) in [6.07, 6.45) is 13.3. The molecule has 0 fully saturated rings. The van der Waals surface area contributed by atoms with E-state index < -0.39 is 0 Å². The van der Waals surface area contributed by atoms with E-state index in [1.165, 1.54) is 69.8 Å². The van der Waals surface area contributed by atoms with Gasteiger partial charge in [-0.2, -0.15) is 0 Å². The van der Waals surface area contributed by atoms with Crippen LogP contribution in [0.1, 0.15) is 63.4 Å². The van der Waals surface area contributed by atoms with Crippen molar-refractivity contribution in [3.05, 3.63) is 35.9 Å². The van der Waals surface area contributed by atoms with Gasteiger partial charge in [0.1, 0.15) is 0 Å². The van der Waals surface area contributed by atoms with Crippen LogP contribution in [0, 0.1) is 0 Å². The van der Waals surface area contributed by atoms with E-state index in [1.807, 2.05) is 0 Å². The van der Waals surface area contributed by atoms with Crippen LogP contribution in [-0.2, 0) is 6.42 Å². The summed E-state index contributed by atoms with van der Waals surface area (Å²) < 4.78 is 0. The fourth-order valence-corrected chi connectivity index (χ4v) is 2.54. The van der Waals surface area contributed by atoms with Gasteiger partial charge in [-0.25, -0.2) is 4.99 Å². The number of hydrogen-bond donors (Lipinski definition) is 0. The summed E-state index contributed by atoms with van der Waals surface area (Å²) >= 11 is 4.54. The monoisotopic (exact) mass is 289 g/mol. The van der Waals surface area contributed by atoms with Gasteiger partial charge in [-0.1, -0.05) is 75.3 Å². The Morgan fingerprint density at radius 1 is 0.750 bits per heavy atom. The van der Waals surface area contributed by atoms with Crippen molar-refractivity contribution in [1.82, 2.24) is 0 Å². The van der Waals surface area contributed by atoms with Crippen LogP contribution in [0.15, 0.2) is 35.3 Å². The molecule has 1 aromatic carbocycles. The SMILES string of the molecule is S=C=NCCCCCCCCCCCc1ccccc1. The average Bonchev–Trinajstić information content (AvgIpc) is 2.49. The Morgan fingerprint density at radius 2 is 1.30 bits per heavy atom. The molecule has 20 heavy (non-hydrogen) atoms. The predicted octanol–water partition coefficient (Wildman–Crippen LogP) is 5.84. The fraction of sp³-hybridized carbons (Fsp3) is 0.611. The molecule has 0 N–H and O–H groups in total. The molecule has 0 amide bonds. The molecule has 0 saturated carbocycles. The number of nitrogens with zero attached hydrogens (tertiary/aromatic N) is 1. The number of thiocarbonyl (C=S) groups is 1. The van der Waals surface area contributed by atoms with Crippen molar-refractivity contribution in [1.29, 1.82) is 0 Å². The quantitative estimate of drug-likeness (QED) is 0.267. The highest BCUT2D eigenvalue weighted by atomic mass is 32.1. The fourth-order valence-electron chi connectivity index (χ4n) is 2.45. The van der Waals surface area contributed by atoms with Crippen molar-refractivity contribution in [2.45, 2.75) is 64.2 Å². The number of hydrogen-bond acceptors (Lipinski definition) is 2. The Balaban J connectivity index is 1.80. The topological polar surface area (TPSA) is 12.4 Å². The maximum Gasteiger partial charge on any atom is 0.0584 e. The van der Waals surface area contributed by atoms with Crippen LogP contribution in [0.2, 0.25) is 0 Å². The minimum absolute atomic E-state index is 0.864. The van der Waals surface area contributed by atoms with Gasteiger partial charge in [0.15, 0.2) is 0 Å². The minimum atomic E-state index is 0.864. The van der Waals surface area contributed by atoms with E-state index >= 15 is 0 Å². The molecule has 0 atom stereocenters. The molecule has 0 aliphatic heterocycles. The molecule has 0 saturated heterocycles. The summed E-state index contributed by atoms with van der Waals surface area (Å²) in [7, 11) is 0. The molecule has 110 valence electrons. The zero-order chi connectivity index (χ0) is 14.3. The second kappa shape index (κ2) is 13.0. The molecule has 0 radical (unpaired) electrons. The van der Waals surface area contributed by atoms with Crippen LogP contribution in [0.3, 0.4) is 0 Å². The van der Waals surface area contributed by atoms with Gasteiger partial charge >= 0.3 is 0 Å². The lowest BCUT2D eigenvalue weighted by Crippen LogP contribution is -1.86. The lowest BCUT2D eigenvalue weighted by atomic mass is 10.0. The highest BCUT2D eigenvalue weighted by molar-refractivity contribution is 7.78. The number of aryl methyl sites for hydroxylation is 1. The third kappa shape index (κ3) is 9.89. The van der Waals surface area contributed by atoms with E-state index in [1.54, 1.807) is 0 Å². The molecule has 0 aliphatic carbocycles. The second-order valence-electron chi connectivity index (χ2n) is 5.39. The van der Waals surface area contributed by atoms with Gasteiger partial charge < -0.3 is 0 Å². The molecule has 0 heterocycles. The van der Waals surface area contributed by atoms with Gasteiger partial charge in [0.25, 0.3) is 0 Å². The molecule has 1 rings (SSSR count). The standard InChI is InChI=1S/C18H27NS/c20-17-19-16-12-7-5-3-1-2-4-6-9-13-18-14-10-8-11-15-18/h8,10-11,14-15H,1-7,9,12-13,16H2. The van der Waals surface area contributed by atoms with Gasteiger partial charge in [-0.05, 0) is 37.0 Å². The van der Waals surface area contributed by atoms with E-state index in [2.05, 4.69) is 52.7 Å². The zero-order valence-electron chi connectivity index (χ0n) is 12.5. The first-order chi connectivity index (χ1) is 9.93. The van der Waals surface area contributed by atoms with Crippen LogP contribution in [0.4, 0.5) is 0 Å². The first-order valence-electron chi connectivity index (χ1n) is 8.01. The highest BCUT2D eigenvalue weighted by Gasteiger charge is 1.94. The van der Waals surface area contributed by atoms with Crippen molar-refractivity contribution in [2.75, 3.05) is 6.54 Å². The Morgan fingerprint density at radius 3 is 1.90 bits per heavy atom. The summed E-state index contributed by atoms with van der Waals surface area (Å²) in [5.74, 6) is 0. The zero-order valence-corrected chi connectivity index (χ0v) is 13.3. The van der Waals surface area contributed by atoms with Gasteiger partial charge in [0.05, 0.1) is 5.16 Å². The molecule has 0 aromatic heterocycles. The third-order valence-electron chi connectivity index (χ3n) is 3.64. The van der Waals surface area contributed by atoms with Gasteiger partial charge in [-0.15, -0.1) is 0 Å². The maximum absolute atomic E-state index is 4.54. The van der Waals surface area contributed by atoms with Gasteiger partial charge in [-0.3, -0.25) is 0 Å². The molecule has 1 aromatic rings. The normalized spacial score (nSPS) is 10.2. The van der Waals surface area contributed by atoms with E-state index in [9.17, 15) is 0 Å². The summed E-state index contributed by atoms with van der Waals surface area (Å²) in [6.45, 7) is 0.864. The molecule has 0 spiro atoms. The minimum Gasteiger partial charge on any atom is -0.233 e. The number of benzene rings is 1. The van der Waals surface area contributed by atoms with Crippen molar-refractivity contribution >= 4 is 17.4 Å². The first-order valence-corrected chi connectivity index (χ1v) is 8.42. The molecular formula is C18H27NS. The van der Waals surface area contributed by atoms with Gasteiger partial charge in [0.2, 0.25) is 0 Å². The number of aliphatic imine (C=N–C) groups is 1. The average molecular weight is 289 g/mol. The predicted molar refractivity (Wildman–Crippen MR) is 91.6 cm³/mol. The highest BCUT2D eigenvalue weighted by Crippen LogP contribution is 2.11. The lowest BCUT2D eigenvalue weighted by molar-refractivity contribution is 0.561. The Labute approximate surface area is 129 Å². The number of unbranched alkanes of at least 4 members (excludes halogenated alkanes) is 8. The molecule has 2 heteroatoms. The number of rotatable bonds is 12. The molecule has 0 unspecified atom stereocenters. The Hall–Kier alpha value is -0.980. The number of isothiocyanates is 1. The summed E-state index contributed by atoms with van der Waals surface area (Å²) in [5, 5.41) is 2.42. The molecule has 0 bridgehead atoms. The van der Waals surface area contributed by atoms with E-state index in [0.717, 1.165) is 6.54 Å².